The number of nitrogens with zero attached hydrogens (tertiary/aromatic N) is 2. The largest absolute Gasteiger partial charge is 0.497 e. The third-order valence-electron chi connectivity index (χ3n) is 3.88. The zero-order chi connectivity index (χ0) is 14.1. The second-order valence-corrected chi connectivity index (χ2v) is 5.06. The third-order valence-corrected chi connectivity index (χ3v) is 3.88. The average molecular weight is 273 g/mol. The molecule has 0 atom stereocenters. The number of methoxy groups -OCH3 is 1. The van der Waals surface area contributed by atoms with Gasteiger partial charge in [-0.05, 0) is 18.2 Å². The lowest BCUT2D eigenvalue weighted by molar-refractivity contribution is 0.0726. The molecule has 1 aromatic heterocycles. The number of piperazine rings is 1. The third kappa shape index (κ3) is 2.14. The molecule has 0 spiro atoms. The van der Waals surface area contributed by atoms with E-state index >= 15 is 0 Å². The smallest absolute Gasteiger partial charge is 0.270 e. The second kappa shape index (κ2) is 5.17. The molecule has 0 bridgehead atoms. The minimum atomic E-state index is 0.101. The molecular formula is C15H19N3O2. The van der Waals surface area contributed by atoms with Gasteiger partial charge >= 0.3 is 0 Å². The zero-order valence-corrected chi connectivity index (χ0v) is 11.8. The predicted octanol–water partition coefficient (Wildman–Crippen LogP) is 1.23. The van der Waals surface area contributed by atoms with Gasteiger partial charge in [-0.1, -0.05) is 0 Å². The van der Waals surface area contributed by atoms with Crippen LogP contribution in [0.5, 0.6) is 5.75 Å². The van der Waals surface area contributed by atoms with E-state index in [1.54, 1.807) is 7.11 Å². The number of carbonyl (C=O) groups is 1. The Morgan fingerprint density at radius 2 is 2.00 bits per heavy atom. The summed E-state index contributed by atoms with van der Waals surface area (Å²) in [5.41, 5.74) is 1.75. The Morgan fingerprint density at radius 1 is 1.25 bits per heavy atom. The Hall–Kier alpha value is -2.01. The van der Waals surface area contributed by atoms with Crippen LogP contribution < -0.4 is 10.1 Å². The summed E-state index contributed by atoms with van der Waals surface area (Å²) in [5, 5.41) is 4.32. The predicted molar refractivity (Wildman–Crippen MR) is 78.2 cm³/mol. The Morgan fingerprint density at radius 3 is 2.70 bits per heavy atom. The fourth-order valence-electron chi connectivity index (χ4n) is 2.67. The van der Waals surface area contributed by atoms with Crippen molar-refractivity contribution in [3.05, 3.63) is 30.0 Å². The van der Waals surface area contributed by atoms with Gasteiger partial charge in [-0.2, -0.15) is 0 Å². The van der Waals surface area contributed by atoms with Crippen LogP contribution in [0.4, 0.5) is 0 Å². The number of amides is 1. The Labute approximate surface area is 118 Å². The molecule has 3 rings (SSSR count). The molecule has 2 heterocycles. The number of hydrogen-bond donors (Lipinski definition) is 1. The number of carbonyl (C=O) groups excluding carboxylic acids is 1. The van der Waals surface area contributed by atoms with Gasteiger partial charge in [-0.15, -0.1) is 0 Å². The van der Waals surface area contributed by atoms with Gasteiger partial charge in [-0.3, -0.25) is 4.79 Å². The van der Waals surface area contributed by atoms with Gasteiger partial charge < -0.3 is 19.5 Å². The first-order chi connectivity index (χ1) is 9.70. The number of rotatable bonds is 2. The van der Waals surface area contributed by atoms with Gasteiger partial charge in [0.25, 0.3) is 5.91 Å². The molecule has 1 saturated heterocycles. The second-order valence-electron chi connectivity index (χ2n) is 5.06. The summed E-state index contributed by atoms with van der Waals surface area (Å²) in [4.78, 5) is 14.5. The first-order valence-corrected chi connectivity index (χ1v) is 6.84. The van der Waals surface area contributed by atoms with E-state index in [0.29, 0.717) is 0 Å². The van der Waals surface area contributed by atoms with Crippen LogP contribution in [0.25, 0.3) is 10.9 Å². The molecule has 1 fully saturated rings. The van der Waals surface area contributed by atoms with Crippen LogP contribution >= 0.6 is 0 Å². The van der Waals surface area contributed by atoms with Crippen molar-refractivity contribution in [3.8, 4) is 5.75 Å². The molecule has 1 amide bonds. The van der Waals surface area contributed by atoms with Gasteiger partial charge in [0.05, 0.1) is 12.6 Å². The van der Waals surface area contributed by atoms with Crippen LogP contribution in [0, 0.1) is 0 Å². The topological polar surface area (TPSA) is 46.5 Å². The minimum Gasteiger partial charge on any atom is -0.497 e. The summed E-state index contributed by atoms with van der Waals surface area (Å²) in [5.74, 6) is 0.907. The zero-order valence-electron chi connectivity index (χ0n) is 11.8. The van der Waals surface area contributed by atoms with Gasteiger partial charge in [0, 0.05) is 44.7 Å². The van der Waals surface area contributed by atoms with Crippen molar-refractivity contribution in [3.63, 3.8) is 0 Å². The van der Waals surface area contributed by atoms with Crippen LogP contribution in [0.2, 0.25) is 0 Å². The van der Waals surface area contributed by atoms with E-state index in [2.05, 4.69) is 5.32 Å². The van der Waals surface area contributed by atoms with Crippen LogP contribution in [-0.4, -0.2) is 48.7 Å². The molecule has 0 radical (unpaired) electrons. The van der Waals surface area contributed by atoms with Gasteiger partial charge in [-0.25, -0.2) is 0 Å². The number of nitrogens with one attached hydrogen (secondary N) is 1. The first kappa shape index (κ1) is 13.0. The van der Waals surface area contributed by atoms with Crippen molar-refractivity contribution in [1.29, 1.82) is 0 Å². The van der Waals surface area contributed by atoms with Crippen molar-refractivity contribution in [1.82, 2.24) is 14.8 Å². The standard InChI is InChI=1S/C15H19N3O2/c1-17-13-10-12(20-2)4-3-11(13)9-14(17)15(19)18-7-5-16-6-8-18/h3-4,9-10,16H,5-8H2,1-2H3. The normalized spacial score (nSPS) is 15.6. The summed E-state index contributed by atoms with van der Waals surface area (Å²) in [6, 6.07) is 7.83. The van der Waals surface area contributed by atoms with Crippen molar-refractivity contribution >= 4 is 16.8 Å². The monoisotopic (exact) mass is 273 g/mol. The molecule has 0 aliphatic carbocycles. The number of aryl methyl sites for hydroxylation is 1. The maximum atomic E-state index is 12.6. The van der Waals surface area contributed by atoms with Crippen LogP contribution in [-0.2, 0) is 7.05 Å². The quantitative estimate of drug-likeness (QED) is 0.895. The van der Waals surface area contributed by atoms with Crippen molar-refractivity contribution in [2.45, 2.75) is 0 Å². The lowest BCUT2D eigenvalue weighted by Crippen LogP contribution is -2.46. The molecule has 0 unspecified atom stereocenters. The highest BCUT2D eigenvalue weighted by Gasteiger charge is 2.21. The number of benzene rings is 1. The maximum absolute atomic E-state index is 12.6. The van der Waals surface area contributed by atoms with Gasteiger partial charge in [0.1, 0.15) is 11.4 Å². The fourth-order valence-corrected chi connectivity index (χ4v) is 2.67. The molecule has 1 N–H and O–H groups in total. The Kier molecular flexibility index (Phi) is 3.36. The molecule has 106 valence electrons. The SMILES string of the molecule is COc1ccc2cc(C(=O)N3CCNCC3)n(C)c2c1. The molecule has 20 heavy (non-hydrogen) atoms. The molecule has 2 aromatic rings. The first-order valence-electron chi connectivity index (χ1n) is 6.84. The molecule has 1 aliphatic heterocycles. The van der Waals surface area contributed by atoms with Crippen molar-refractivity contribution in [2.24, 2.45) is 7.05 Å². The maximum Gasteiger partial charge on any atom is 0.270 e. The summed E-state index contributed by atoms with van der Waals surface area (Å²) in [6.45, 7) is 3.26. The van der Waals surface area contributed by atoms with E-state index in [1.807, 2.05) is 40.8 Å². The van der Waals surface area contributed by atoms with E-state index in [9.17, 15) is 4.79 Å². The number of ether oxygens (including phenoxy) is 1. The highest BCUT2D eigenvalue weighted by molar-refractivity contribution is 5.99. The summed E-state index contributed by atoms with van der Waals surface area (Å²) in [6.07, 6.45) is 0. The summed E-state index contributed by atoms with van der Waals surface area (Å²) in [7, 11) is 3.58. The molecule has 5 heteroatoms. The summed E-state index contributed by atoms with van der Waals surface area (Å²) < 4.78 is 7.19. The van der Waals surface area contributed by atoms with Crippen LogP contribution in [0.1, 0.15) is 10.5 Å². The van der Waals surface area contributed by atoms with E-state index in [1.165, 1.54) is 0 Å². The highest BCUT2D eigenvalue weighted by atomic mass is 16.5. The molecule has 5 nitrogen and oxygen atoms in total. The van der Waals surface area contributed by atoms with E-state index < -0.39 is 0 Å². The Balaban J connectivity index is 1.98. The average Bonchev–Trinajstić information content (AvgIpc) is 2.84. The number of hydrogen-bond acceptors (Lipinski definition) is 3. The lowest BCUT2D eigenvalue weighted by atomic mass is 10.2. The van der Waals surface area contributed by atoms with Crippen molar-refractivity contribution < 1.29 is 9.53 Å². The lowest BCUT2D eigenvalue weighted by Gasteiger charge is -2.27. The van der Waals surface area contributed by atoms with Gasteiger partial charge in [0.2, 0.25) is 0 Å². The molecule has 1 aliphatic rings. The highest BCUT2D eigenvalue weighted by Crippen LogP contribution is 2.24. The van der Waals surface area contributed by atoms with Gasteiger partial charge in [0.15, 0.2) is 0 Å². The number of fused-ring (bicyclic) bond motifs is 1. The van der Waals surface area contributed by atoms with E-state index in [4.69, 9.17) is 4.74 Å². The molecule has 0 saturated carbocycles. The summed E-state index contributed by atoms with van der Waals surface area (Å²) >= 11 is 0. The van der Waals surface area contributed by atoms with Crippen LogP contribution in [0.3, 0.4) is 0 Å². The molecular weight excluding hydrogens is 254 g/mol. The van der Waals surface area contributed by atoms with E-state index in [0.717, 1.165) is 48.5 Å². The fraction of sp³-hybridized carbons (Fsp3) is 0.400. The van der Waals surface area contributed by atoms with Crippen molar-refractivity contribution in [2.75, 3.05) is 33.3 Å². The molecule has 1 aromatic carbocycles. The minimum absolute atomic E-state index is 0.101. The van der Waals surface area contributed by atoms with E-state index in [-0.39, 0.29) is 5.91 Å². The number of aromatic nitrogens is 1. The van der Waals surface area contributed by atoms with Crippen LogP contribution in [0.15, 0.2) is 24.3 Å². The Bertz CT molecular complexity index is 642.